The van der Waals surface area contributed by atoms with Gasteiger partial charge in [-0.25, -0.2) is 4.98 Å². The van der Waals surface area contributed by atoms with Crippen molar-refractivity contribution in [3.8, 4) is 0 Å². The Hall–Kier alpha value is -1.29. The van der Waals surface area contributed by atoms with E-state index in [1.54, 1.807) is 6.07 Å². The Bertz CT molecular complexity index is 446. The second-order valence-corrected chi connectivity index (χ2v) is 5.11. The molecule has 1 fully saturated rings. The molecule has 0 saturated heterocycles. The smallest absolute Gasteiger partial charge is 0.257 e. The van der Waals surface area contributed by atoms with Crippen molar-refractivity contribution in [2.75, 3.05) is 18.8 Å². The summed E-state index contributed by atoms with van der Waals surface area (Å²) in [5.41, 5.74) is 6.51. The van der Waals surface area contributed by atoms with Crippen LogP contribution >= 0.6 is 11.6 Å². The Balaban J connectivity index is 2.14. The van der Waals surface area contributed by atoms with Gasteiger partial charge < -0.3 is 10.6 Å². The molecule has 1 aromatic heterocycles. The van der Waals surface area contributed by atoms with Crippen LogP contribution in [0.15, 0.2) is 12.3 Å². The lowest BCUT2D eigenvalue weighted by atomic mass is 9.85. The largest absolute Gasteiger partial charge is 0.397 e. The number of anilines is 1. The lowest BCUT2D eigenvalue weighted by Crippen LogP contribution is -2.37. The predicted octanol–water partition coefficient (Wildman–Crippen LogP) is 2.58. The van der Waals surface area contributed by atoms with E-state index in [1.807, 2.05) is 11.8 Å². The molecular weight excluding hydrogens is 250 g/mol. The topological polar surface area (TPSA) is 59.2 Å². The minimum atomic E-state index is -0.0748. The molecule has 0 aromatic carbocycles. The SMILES string of the molecule is CCN(CC1CCC1)C(=O)c1cc(N)cnc1Cl. The van der Waals surface area contributed by atoms with Crippen LogP contribution in [0.2, 0.25) is 5.15 Å². The summed E-state index contributed by atoms with van der Waals surface area (Å²) in [6, 6.07) is 1.60. The van der Waals surface area contributed by atoms with Gasteiger partial charge in [0.2, 0.25) is 0 Å². The van der Waals surface area contributed by atoms with Gasteiger partial charge in [-0.05, 0) is 31.7 Å². The van der Waals surface area contributed by atoms with Gasteiger partial charge in [0.1, 0.15) is 5.15 Å². The third-order valence-electron chi connectivity index (χ3n) is 3.46. The van der Waals surface area contributed by atoms with E-state index < -0.39 is 0 Å². The van der Waals surface area contributed by atoms with Gasteiger partial charge >= 0.3 is 0 Å². The number of pyridine rings is 1. The molecule has 2 rings (SSSR count). The van der Waals surface area contributed by atoms with Crippen molar-refractivity contribution in [3.05, 3.63) is 23.0 Å². The summed E-state index contributed by atoms with van der Waals surface area (Å²) in [5, 5.41) is 0.223. The van der Waals surface area contributed by atoms with E-state index in [1.165, 1.54) is 25.5 Å². The number of nitrogens with two attached hydrogens (primary N) is 1. The molecule has 1 aromatic rings. The van der Waals surface area contributed by atoms with Gasteiger partial charge in [-0.15, -0.1) is 0 Å². The number of nitrogen functional groups attached to an aromatic ring is 1. The minimum absolute atomic E-state index is 0.0748. The summed E-state index contributed by atoms with van der Waals surface area (Å²) in [6.45, 7) is 3.46. The lowest BCUT2D eigenvalue weighted by molar-refractivity contribution is 0.0706. The Kier molecular flexibility index (Phi) is 4.07. The van der Waals surface area contributed by atoms with Crippen LogP contribution in [0.1, 0.15) is 36.5 Å². The molecule has 1 saturated carbocycles. The van der Waals surface area contributed by atoms with E-state index in [4.69, 9.17) is 17.3 Å². The zero-order chi connectivity index (χ0) is 13.1. The maximum absolute atomic E-state index is 12.4. The third kappa shape index (κ3) is 2.75. The van der Waals surface area contributed by atoms with Gasteiger partial charge in [-0.2, -0.15) is 0 Å². The van der Waals surface area contributed by atoms with Crippen molar-refractivity contribution < 1.29 is 4.79 Å². The van der Waals surface area contributed by atoms with E-state index in [9.17, 15) is 4.79 Å². The summed E-state index contributed by atoms with van der Waals surface area (Å²) in [5.74, 6) is 0.566. The molecule has 1 heterocycles. The number of hydrogen-bond acceptors (Lipinski definition) is 3. The van der Waals surface area contributed by atoms with Crippen molar-refractivity contribution in [3.63, 3.8) is 0 Å². The molecule has 0 unspecified atom stereocenters. The van der Waals surface area contributed by atoms with Crippen LogP contribution in [-0.2, 0) is 0 Å². The van der Waals surface area contributed by atoms with E-state index in [-0.39, 0.29) is 11.1 Å². The van der Waals surface area contributed by atoms with Gasteiger partial charge in [0.05, 0.1) is 17.4 Å². The second kappa shape index (κ2) is 5.57. The number of aromatic nitrogens is 1. The van der Waals surface area contributed by atoms with Crippen LogP contribution in [0.25, 0.3) is 0 Å². The highest BCUT2D eigenvalue weighted by Gasteiger charge is 2.24. The molecule has 18 heavy (non-hydrogen) atoms. The second-order valence-electron chi connectivity index (χ2n) is 4.75. The number of halogens is 1. The van der Waals surface area contributed by atoms with Gasteiger partial charge in [-0.1, -0.05) is 18.0 Å². The van der Waals surface area contributed by atoms with Crippen LogP contribution in [0, 0.1) is 5.92 Å². The molecule has 0 bridgehead atoms. The first-order chi connectivity index (χ1) is 8.61. The predicted molar refractivity (Wildman–Crippen MR) is 72.6 cm³/mol. The van der Waals surface area contributed by atoms with E-state index >= 15 is 0 Å². The van der Waals surface area contributed by atoms with E-state index in [2.05, 4.69) is 4.98 Å². The van der Waals surface area contributed by atoms with Crippen molar-refractivity contribution >= 4 is 23.2 Å². The number of carbonyl (C=O) groups is 1. The minimum Gasteiger partial charge on any atom is -0.397 e. The first kappa shape index (κ1) is 13.1. The Morgan fingerprint density at radius 2 is 2.33 bits per heavy atom. The maximum atomic E-state index is 12.4. The number of carbonyl (C=O) groups excluding carboxylic acids is 1. The van der Waals surface area contributed by atoms with Crippen molar-refractivity contribution in [2.45, 2.75) is 26.2 Å². The highest BCUT2D eigenvalue weighted by Crippen LogP contribution is 2.28. The quantitative estimate of drug-likeness (QED) is 0.853. The van der Waals surface area contributed by atoms with Gasteiger partial charge in [0, 0.05) is 13.1 Å². The zero-order valence-corrected chi connectivity index (χ0v) is 11.3. The van der Waals surface area contributed by atoms with Crippen LogP contribution in [0.5, 0.6) is 0 Å². The maximum Gasteiger partial charge on any atom is 0.257 e. The van der Waals surface area contributed by atoms with E-state index in [0.717, 1.165) is 6.54 Å². The number of hydrogen-bond donors (Lipinski definition) is 1. The fourth-order valence-corrected chi connectivity index (χ4v) is 2.31. The summed E-state index contributed by atoms with van der Waals surface area (Å²) in [4.78, 5) is 18.1. The van der Waals surface area contributed by atoms with Crippen molar-refractivity contribution in [2.24, 2.45) is 5.92 Å². The average Bonchev–Trinajstić information content (AvgIpc) is 2.30. The van der Waals surface area contributed by atoms with Crippen molar-refractivity contribution in [1.82, 2.24) is 9.88 Å². The first-order valence-corrected chi connectivity index (χ1v) is 6.70. The Labute approximate surface area is 112 Å². The number of amides is 1. The average molecular weight is 268 g/mol. The molecule has 5 heteroatoms. The van der Waals surface area contributed by atoms with Gasteiger partial charge in [0.15, 0.2) is 0 Å². The molecular formula is C13H18ClN3O. The summed E-state index contributed by atoms with van der Waals surface area (Å²) < 4.78 is 0. The van der Waals surface area contributed by atoms with Crippen LogP contribution in [0.3, 0.4) is 0 Å². The summed E-state index contributed by atoms with van der Waals surface area (Å²) in [6.07, 6.45) is 5.16. The molecule has 2 N–H and O–H groups in total. The third-order valence-corrected chi connectivity index (χ3v) is 3.76. The number of nitrogens with zero attached hydrogens (tertiary/aromatic N) is 2. The first-order valence-electron chi connectivity index (χ1n) is 6.32. The Morgan fingerprint density at radius 3 is 2.89 bits per heavy atom. The monoisotopic (exact) mass is 267 g/mol. The molecule has 98 valence electrons. The fourth-order valence-electron chi connectivity index (χ4n) is 2.13. The summed E-state index contributed by atoms with van der Waals surface area (Å²) >= 11 is 5.96. The van der Waals surface area contributed by atoms with Gasteiger partial charge in [0.25, 0.3) is 5.91 Å². The van der Waals surface area contributed by atoms with Crippen LogP contribution < -0.4 is 5.73 Å². The van der Waals surface area contributed by atoms with Gasteiger partial charge in [-0.3, -0.25) is 4.79 Å². The normalized spacial score (nSPS) is 15.2. The molecule has 1 aliphatic carbocycles. The summed E-state index contributed by atoms with van der Waals surface area (Å²) in [7, 11) is 0. The lowest BCUT2D eigenvalue weighted by Gasteiger charge is -2.31. The van der Waals surface area contributed by atoms with Crippen LogP contribution in [-0.4, -0.2) is 28.9 Å². The molecule has 1 amide bonds. The number of rotatable bonds is 4. The van der Waals surface area contributed by atoms with Crippen LogP contribution in [0.4, 0.5) is 5.69 Å². The standard InChI is InChI=1S/C13H18ClN3O/c1-2-17(8-9-4-3-5-9)13(18)11-6-10(15)7-16-12(11)14/h6-7,9H,2-5,8,15H2,1H3. The molecule has 1 aliphatic rings. The highest BCUT2D eigenvalue weighted by molar-refractivity contribution is 6.32. The molecule has 0 spiro atoms. The molecule has 4 nitrogen and oxygen atoms in total. The fraction of sp³-hybridized carbons (Fsp3) is 0.538. The molecule has 0 aliphatic heterocycles. The van der Waals surface area contributed by atoms with Crippen molar-refractivity contribution in [1.29, 1.82) is 0 Å². The van der Waals surface area contributed by atoms with E-state index in [0.29, 0.717) is 23.7 Å². The molecule has 0 radical (unpaired) electrons. The molecule has 0 atom stereocenters. The highest BCUT2D eigenvalue weighted by atomic mass is 35.5. The Morgan fingerprint density at radius 1 is 1.61 bits per heavy atom. The zero-order valence-electron chi connectivity index (χ0n) is 10.5.